The molecule has 1 atom stereocenters. The lowest BCUT2D eigenvalue weighted by Crippen LogP contribution is -2.16. The monoisotopic (exact) mass is 428 g/mol. The van der Waals surface area contributed by atoms with Gasteiger partial charge in [-0.25, -0.2) is 0 Å². The van der Waals surface area contributed by atoms with Crippen LogP contribution in [0.3, 0.4) is 0 Å². The molecule has 0 radical (unpaired) electrons. The normalized spacial score (nSPS) is 18.2. The number of carbonyl (C=O) groups is 1. The topological polar surface area (TPSA) is 26.3 Å². The zero-order chi connectivity index (χ0) is 22.5. The van der Waals surface area contributed by atoms with E-state index in [1.807, 2.05) is 6.92 Å². The molecule has 0 bridgehead atoms. The lowest BCUT2D eigenvalue weighted by Gasteiger charge is -2.25. The van der Waals surface area contributed by atoms with E-state index in [0.717, 1.165) is 32.1 Å². The van der Waals surface area contributed by atoms with E-state index in [-0.39, 0.29) is 5.97 Å². The maximum atomic E-state index is 12.0. The van der Waals surface area contributed by atoms with Crippen LogP contribution < -0.4 is 0 Å². The minimum Gasteiger partial charge on any atom is -0.466 e. The molecular formula is C30H36O2. The van der Waals surface area contributed by atoms with Crippen LogP contribution in [-0.4, -0.2) is 12.6 Å². The van der Waals surface area contributed by atoms with E-state index in [0.29, 0.717) is 18.9 Å². The van der Waals surface area contributed by atoms with Crippen molar-refractivity contribution < 1.29 is 9.53 Å². The van der Waals surface area contributed by atoms with Crippen LogP contribution in [0.4, 0.5) is 0 Å². The lowest BCUT2D eigenvalue weighted by atomic mass is 9.80. The number of allylic oxidation sites excluding steroid dienone is 4. The fourth-order valence-electron chi connectivity index (χ4n) is 5.47. The highest BCUT2D eigenvalue weighted by atomic mass is 16.5. The minimum atomic E-state index is -0.0669. The van der Waals surface area contributed by atoms with Gasteiger partial charge in [-0.1, -0.05) is 54.1 Å². The number of hydrogen-bond donors (Lipinski definition) is 0. The van der Waals surface area contributed by atoms with Crippen LogP contribution >= 0.6 is 0 Å². The van der Waals surface area contributed by atoms with E-state index in [1.54, 1.807) is 0 Å². The van der Waals surface area contributed by atoms with E-state index in [1.165, 1.54) is 57.4 Å². The van der Waals surface area contributed by atoms with E-state index in [9.17, 15) is 4.79 Å². The van der Waals surface area contributed by atoms with Crippen LogP contribution in [0.25, 0.3) is 5.57 Å². The number of rotatable bonds is 7. The molecule has 0 saturated heterocycles. The van der Waals surface area contributed by atoms with Gasteiger partial charge in [0.25, 0.3) is 0 Å². The van der Waals surface area contributed by atoms with Gasteiger partial charge in [-0.2, -0.15) is 0 Å². The number of fused-ring (bicyclic) bond motifs is 1. The molecule has 2 aliphatic carbocycles. The van der Waals surface area contributed by atoms with Gasteiger partial charge in [0.05, 0.1) is 13.0 Å². The van der Waals surface area contributed by atoms with E-state index in [2.05, 4.69) is 62.4 Å². The summed E-state index contributed by atoms with van der Waals surface area (Å²) in [6.07, 6.45) is 10.7. The highest BCUT2D eigenvalue weighted by Crippen LogP contribution is 2.35. The Hall–Kier alpha value is -2.61. The molecule has 0 aliphatic heterocycles. The van der Waals surface area contributed by atoms with Crippen LogP contribution in [0.5, 0.6) is 0 Å². The molecule has 0 fully saturated rings. The van der Waals surface area contributed by atoms with Crippen molar-refractivity contribution in [2.75, 3.05) is 6.61 Å². The maximum Gasteiger partial charge on any atom is 0.306 e. The van der Waals surface area contributed by atoms with E-state index in [4.69, 9.17) is 4.74 Å². The molecule has 4 rings (SSSR count). The molecule has 32 heavy (non-hydrogen) atoms. The number of benzene rings is 2. The summed E-state index contributed by atoms with van der Waals surface area (Å²) in [6.45, 7) is 6.86. The summed E-state index contributed by atoms with van der Waals surface area (Å²) in [5.41, 5.74) is 11.3. The summed E-state index contributed by atoms with van der Waals surface area (Å²) in [4.78, 5) is 12.0. The standard InChI is InChI=1S/C30H36O2/c1-4-32-29(31)20-26-12-7-11-25-18-24(16-17-28(25)26)15-14-23-10-6-13-27(19-23)30-21(2)8-5-9-22(30)3/h6,8,10,13,16-19,26H,4-5,7,9,11-12,14-15,20H2,1-3H3. The van der Waals surface area contributed by atoms with Gasteiger partial charge in [0.15, 0.2) is 0 Å². The quantitative estimate of drug-likeness (QED) is 0.431. The summed E-state index contributed by atoms with van der Waals surface area (Å²) >= 11 is 0. The third-order valence-corrected chi connectivity index (χ3v) is 7.07. The third kappa shape index (κ3) is 5.23. The second kappa shape index (κ2) is 10.3. The van der Waals surface area contributed by atoms with Crippen LogP contribution in [0.1, 0.15) is 86.6 Å². The Morgan fingerprint density at radius 2 is 1.84 bits per heavy atom. The van der Waals surface area contributed by atoms with Crippen molar-refractivity contribution in [3.8, 4) is 0 Å². The van der Waals surface area contributed by atoms with E-state index < -0.39 is 0 Å². The smallest absolute Gasteiger partial charge is 0.306 e. The molecule has 0 N–H and O–H groups in total. The van der Waals surface area contributed by atoms with Crippen LogP contribution in [-0.2, 0) is 28.8 Å². The highest BCUT2D eigenvalue weighted by Gasteiger charge is 2.23. The molecule has 0 amide bonds. The Bertz CT molecular complexity index is 1040. The van der Waals surface area contributed by atoms with Crippen LogP contribution in [0, 0.1) is 0 Å². The van der Waals surface area contributed by atoms with Crippen molar-refractivity contribution in [3.63, 3.8) is 0 Å². The highest BCUT2D eigenvalue weighted by molar-refractivity contribution is 5.81. The second-order valence-corrected chi connectivity index (χ2v) is 9.41. The molecule has 0 saturated carbocycles. The first kappa shape index (κ1) is 22.6. The van der Waals surface area contributed by atoms with Crippen LogP contribution in [0.15, 0.2) is 59.7 Å². The van der Waals surface area contributed by atoms with Gasteiger partial charge in [0.1, 0.15) is 0 Å². The predicted octanol–water partition coefficient (Wildman–Crippen LogP) is 7.36. The Balaban J connectivity index is 1.45. The predicted molar refractivity (Wildman–Crippen MR) is 133 cm³/mol. The summed E-state index contributed by atoms with van der Waals surface area (Å²) < 4.78 is 5.19. The molecule has 2 nitrogen and oxygen atoms in total. The van der Waals surface area contributed by atoms with Crippen molar-refractivity contribution in [2.24, 2.45) is 0 Å². The largest absolute Gasteiger partial charge is 0.466 e. The minimum absolute atomic E-state index is 0.0669. The summed E-state index contributed by atoms with van der Waals surface area (Å²) in [5, 5.41) is 0. The van der Waals surface area contributed by atoms with Gasteiger partial charge in [0, 0.05) is 0 Å². The Labute approximate surface area is 193 Å². The summed E-state index contributed by atoms with van der Waals surface area (Å²) in [5.74, 6) is 0.245. The molecule has 1 unspecified atom stereocenters. The first-order chi connectivity index (χ1) is 15.5. The molecule has 2 aliphatic rings. The fourth-order valence-corrected chi connectivity index (χ4v) is 5.47. The Morgan fingerprint density at radius 1 is 1.03 bits per heavy atom. The molecule has 2 heteroatoms. The zero-order valence-electron chi connectivity index (χ0n) is 19.9. The first-order valence-electron chi connectivity index (χ1n) is 12.3. The molecule has 0 spiro atoms. The van der Waals surface area contributed by atoms with Gasteiger partial charge in [0.2, 0.25) is 0 Å². The summed E-state index contributed by atoms with van der Waals surface area (Å²) in [7, 11) is 0. The van der Waals surface area contributed by atoms with Gasteiger partial charge >= 0.3 is 5.97 Å². The van der Waals surface area contributed by atoms with Crippen LogP contribution in [0.2, 0.25) is 0 Å². The van der Waals surface area contributed by atoms with Gasteiger partial charge in [-0.15, -0.1) is 0 Å². The first-order valence-corrected chi connectivity index (χ1v) is 12.3. The Morgan fingerprint density at radius 3 is 2.62 bits per heavy atom. The van der Waals surface area contributed by atoms with Gasteiger partial charge < -0.3 is 4.74 Å². The zero-order valence-corrected chi connectivity index (χ0v) is 19.9. The SMILES string of the molecule is CCOC(=O)CC1CCCc2cc(CCc3cccc(C4=C(C)CCC=C4C)c3)ccc21. The fraction of sp³-hybridized carbons (Fsp3) is 0.433. The molecule has 2 aromatic rings. The average Bonchev–Trinajstić information content (AvgIpc) is 2.78. The number of aryl methyl sites for hydroxylation is 3. The average molecular weight is 429 g/mol. The number of esters is 1. The van der Waals surface area contributed by atoms with Crippen molar-refractivity contribution >= 4 is 11.5 Å². The molecular weight excluding hydrogens is 392 g/mol. The number of carbonyl (C=O) groups excluding carboxylic acids is 1. The Kier molecular flexibility index (Phi) is 7.29. The lowest BCUT2D eigenvalue weighted by molar-refractivity contribution is -0.143. The van der Waals surface area contributed by atoms with Gasteiger partial charge in [-0.05, 0) is 111 Å². The molecule has 168 valence electrons. The number of ether oxygens (including phenoxy) is 1. The molecule has 0 aromatic heterocycles. The van der Waals surface area contributed by atoms with Gasteiger partial charge in [-0.3, -0.25) is 4.79 Å². The summed E-state index contributed by atoms with van der Waals surface area (Å²) in [6, 6.07) is 16.0. The van der Waals surface area contributed by atoms with Crippen molar-refractivity contribution in [2.45, 2.75) is 78.1 Å². The maximum absolute atomic E-state index is 12.0. The van der Waals surface area contributed by atoms with Crippen molar-refractivity contribution in [1.29, 1.82) is 0 Å². The second-order valence-electron chi connectivity index (χ2n) is 9.41. The molecule has 2 aromatic carbocycles. The van der Waals surface area contributed by atoms with Crippen molar-refractivity contribution in [1.82, 2.24) is 0 Å². The van der Waals surface area contributed by atoms with E-state index >= 15 is 0 Å². The molecule has 0 heterocycles. The van der Waals surface area contributed by atoms with Crippen molar-refractivity contribution in [3.05, 3.63) is 87.5 Å². The third-order valence-electron chi connectivity index (χ3n) is 7.07. The number of hydrogen-bond acceptors (Lipinski definition) is 2.